The van der Waals surface area contributed by atoms with E-state index >= 15 is 0 Å². The van der Waals surface area contributed by atoms with E-state index in [0.717, 1.165) is 12.8 Å². The Labute approximate surface area is 106 Å². The number of nitrogens with zero attached hydrogens (tertiary/aromatic N) is 2. The monoisotopic (exact) mass is 265 g/mol. The highest BCUT2D eigenvalue weighted by Crippen LogP contribution is 2.27. The van der Waals surface area contributed by atoms with Crippen LogP contribution in [0.3, 0.4) is 0 Å². The van der Waals surface area contributed by atoms with Gasteiger partial charge in [-0.05, 0) is 19.9 Å². The maximum Gasteiger partial charge on any atom is 0.401 e. The van der Waals surface area contributed by atoms with Crippen LogP contribution in [-0.4, -0.2) is 60.8 Å². The molecule has 2 fully saturated rings. The van der Waals surface area contributed by atoms with E-state index in [2.05, 4.69) is 4.90 Å². The smallest absolute Gasteiger partial charge is 0.326 e. The normalized spacial score (nSPS) is 31.7. The summed E-state index contributed by atoms with van der Waals surface area (Å²) in [4.78, 5) is 3.66. The van der Waals surface area contributed by atoms with Crippen molar-refractivity contribution in [2.24, 2.45) is 5.73 Å². The van der Waals surface area contributed by atoms with Crippen molar-refractivity contribution < 1.29 is 13.2 Å². The topological polar surface area (TPSA) is 32.5 Å². The third kappa shape index (κ3) is 3.36. The molecule has 2 atom stereocenters. The highest BCUT2D eigenvalue weighted by molar-refractivity contribution is 4.94. The van der Waals surface area contributed by atoms with Gasteiger partial charge in [-0.1, -0.05) is 12.8 Å². The minimum atomic E-state index is -4.08. The van der Waals surface area contributed by atoms with Gasteiger partial charge in [0.25, 0.3) is 0 Å². The van der Waals surface area contributed by atoms with Crippen molar-refractivity contribution in [2.45, 2.75) is 50.0 Å². The Bertz CT molecular complexity index is 276. The van der Waals surface area contributed by atoms with Crippen LogP contribution in [0.2, 0.25) is 0 Å². The highest BCUT2D eigenvalue weighted by Gasteiger charge is 2.40. The van der Waals surface area contributed by atoms with Crippen LogP contribution in [0.1, 0.15) is 25.7 Å². The average Bonchev–Trinajstić information content (AvgIpc) is 2.21. The third-order valence-corrected chi connectivity index (χ3v) is 4.22. The van der Waals surface area contributed by atoms with Crippen molar-refractivity contribution in [3.63, 3.8) is 0 Å². The maximum atomic E-state index is 12.2. The molecule has 0 bridgehead atoms. The van der Waals surface area contributed by atoms with E-state index in [0.29, 0.717) is 19.1 Å². The van der Waals surface area contributed by atoms with Crippen molar-refractivity contribution >= 4 is 0 Å². The van der Waals surface area contributed by atoms with Gasteiger partial charge < -0.3 is 5.73 Å². The Morgan fingerprint density at radius 3 is 2.39 bits per heavy atom. The average molecular weight is 265 g/mol. The van der Waals surface area contributed by atoms with E-state index in [-0.39, 0.29) is 12.1 Å². The van der Waals surface area contributed by atoms with Crippen molar-refractivity contribution in [1.29, 1.82) is 0 Å². The first kappa shape index (κ1) is 14.1. The number of halogens is 3. The highest BCUT2D eigenvalue weighted by atomic mass is 19.4. The molecule has 3 nitrogen and oxygen atoms in total. The molecule has 2 aliphatic rings. The summed E-state index contributed by atoms with van der Waals surface area (Å²) in [6.07, 6.45) is 0.393. The Balaban J connectivity index is 1.77. The molecule has 1 saturated carbocycles. The van der Waals surface area contributed by atoms with Crippen LogP contribution in [0.15, 0.2) is 0 Å². The van der Waals surface area contributed by atoms with E-state index in [9.17, 15) is 13.2 Å². The van der Waals surface area contributed by atoms with Crippen molar-refractivity contribution in [3.8, 4) is 0 Å². The Morgan fingerprint density at radius 2 is 1.83 bits per heavy atom. The first-order valence-electron chi connectivity index (χ1n) is 6.63. The molecule has 18 heavy (non-hydrogen) atoms. The number of alkyl halides is 3. The standard InChI is InChI=1S/C12H22F3N3/c1-17(11-5-3-2-4-10(11)16)9-6-18(7-9)8-12(13,14)15/h9-11H,2-8,16H2,1H3/t10-,11-/m0/s1. The second kappa shape index (κ2) is 5.35. The zero-order chi connectivity index (χ0) is 13.3. The minimum absolute atomic E-state index is 0.181. The lowest BCUT2D eigenvalue weighted by Crippen LogP contribution is -2.64. The maximum absolute atomic E-state index is 12.2. The zero-order valence-corrected chi connectivity index (χ0v) is 10.8. The third-order valence-electron chi connectivity index (χ3n) is 4.22. The Hall–Kier alpha value is -0.330. The molecule has 2 N–H and O–H groups in total. The zero-order valence-electron chi connectivity index (χ0n) is 10.8. The minimum Gasteiger partial charge on any atom is -0.326 e. The van der Waals surface area contributed by atoms with Gasteiger partial charge in [0.15, 0.2) is 0 Å². The van der Waals surface area contributed by atoms with Gasteiger partial charge in [0.2, 0.25) is 0 Å². The lowest BCUT2D eigenvalue weighted by molar-refractivity contribution is -0.161. The predicted octanol–water partition coefficient (Wildman–Crippen LogP) is 1.43. The van der Waals surface area contributed by atoms with E-state index in [1.54, 1.807) is 0 Å². The second-order valence-electron chi connectivity index (χ2n) is 5.64. The van der Waals surface area contributed by atoms with Crippen molar-refractivity contribution in [1.82, 2.24) is 9.80 Å². The molecule has 1 aliphatic heterocycles. The number of hydrogen-bond donors (Lipinski definition) is 1. The first-order valence-corrected chi connectivity index (χ1v) is 6.63. The molecule has 0 unspecified atom stereocenters. The number of hydrogen-bond acceptors (Lipinski definition) is 3. The van der Waals surface area contributed by atoms with Crippen LogP contribution >= 0.6 is 0 Å². The summed E-state index contributed by atoms with van der Waals surface area (Å²) >= 11 is 0. The van der Waals surface area contributed by atoms with E-state index in [1.165, 1.54) is 17.7 Å². The van der Waals surface area contributed by atoms with Crippen LogP contribution in [0.25, 0.3) is 0 Å². The van der Waals surface area contributed by atoms with Gasteiger partial charge in [-0.3, -0.25) is 9.80 Å². The molecule has 0 radical (unpaired) electrons. The molecule has 0 aromatic rings. The van der Waals surface area contributed by atoms with Gasteiger partial charge in [0, 0.05) is 31.2 Å². The predicted molar refractivity (Wildman–Crippen MR) is 64.3 cm³/mol. The summed E-state index contributed by atoms with van der Waals surface area (Å²) < 4.78 is 36.6. The second-order valence-corrected chi connectivity index (χ2v) is 5.64. The lowest BCUT2D eigenvalue weighted by Gasteiger charge is -2.49. The molecule has 1 saturated heterocycles. The van der Waals surface area contributed by atoms with Crippen LogP contribution in [0.4, 0.5) is 13.2 Å². The summed E-state index contributed by atoms with van der Waals surface area (Å²) in [7, 11) is 2.01. The number of likely N-dealkylation sites (N-methyl/N-ethyl adjacent to an activating group) is 1. The largest absolute Gasteiger partial charge is 0.401 e. The van der Waals surface area contributed by atoms with Gasteiger partial charge in [-0.15, -0.1) is 0 Å². The molecule has 106 valence electrons. The number of nitrogens with two attached hydrogens (primary N) is 1. The molecule has 0 amide bonds. The summed E-state index contributed by atoms with van der Waals surface area (Å²) in [5.74, 6) is 0. The van der Waals surface area contributed by atoms with Gasteiger partial charge in [-0.25, -0.2) is 0 Å². The SMILES string of the molecule is CN(C1CN(CC(F)(F)F)C1)[C@H]1CCCC[C@@H]1N. The van der Waals surface area contributed by atoms with E-state index in [1.807, 2.05) is 7.05 Å². The van der Waals surface area contributed by atoms with E-state index < -0.39 is 12.7 Å². The van der Waals surface area contributed by atoms with Crippen LogP contribution < -0.4 is 5.73 Å². The molecule has 1 aliphatic carbocycles. The molecule has 0 aromatic heterocycles. The van der Waals surface area contributed by atoms with E-state index in [4.69, 9.17) is 5.73 Å². The Morgan fingerprint density at radius 1 is 1.22 bits per heavy atom. The fourth-order valence-corrected chi connectivity index (χ4v) is 3.10. The van der Waals surface area contributed by atoms with Crippen LogP contribution in [-0.2, 0) is 0 Å². The lowest BCUT2D eigenvalue weighted by atomic mass is 9.88. The van der Waals surface area contributed by atoms with Gasteiger partial charge in [0.1, 0.15) is 0 Å². The Kier molecular flexibility index (Phi) is 4.18. The quantitative estimate of drug-likeness (QED) is 0.838. The summed E-state index contributed by atoms with van der Waals surface area (Å²) in [6.45, 7) is 0.243. The fraction of sp³-hybridized carbons (Fsp3) is 1.00. The molecule has 6 heteroatoms. The fourth-order valence-electron chi connectivity index (χ4n) is 3.10. The van der Waals surface area contributed by atoms with Crippen molar-refractivity contribution in [3.05, 3.63) is 0 Å². The van der Waals surface area contributed by atoms with Crippen LogP contribution in [0.5, 0.6) is 0 Å². The summed E-state index contributed by atoms with van der Waals surface area (Å²) in [5, 5.41) is 0. The van der Waals surface area contributed by atoms with Crippen LogP contribution in [0, 0.1) is 0 Å². The number of rotatable bonds is 3. The van der Waals surface area contributed by atoms with Crippen molar-refractivity contribution in [2.75, 3.05) is 26.7 Å². The molecule has 2 rings (SSSR count). The van der Waals surface area contributed by atoms with Gasteiger partial charge >= 0.3 is 6.18 Å². The molecular weight excluding hydrogens is 243 g/mol. The first-order chi connectivity index (χ1) is 8.37. The number of likely N-dealkylation sites (tertiary alicyclic amines) is 1. The molecule has 0 spiro atoms. The summed E-state index contributed by atoms with van der Waals surface area (Å²) in [5.41, 5.74) is 6.10. The van der Waals surface area contributed by atoms with Gasteiger partial charge in [0.05, 0.1) is 6.54 Å². The van der Waals surface area contributed by atoms with Gasteiger partial charge in [-0.2, -0.15) is 13.2 Å². The molecule has 1 heterocycles. The molecular formula is C12H22F3N3. The molecule has 0 aromatic carbocycles. The summed E-state index contributed by atoms with van der Waals surface area (Å²) in [6, 6.07) is 0.763.